The molecule has 0 amide bonds. The van der Waals surface area contributed by atoms with Crippen molar-refractivity contribution in [3.8, 4) is 0 Å². The van der Waals surface area contributed by atoms with Gasteiger partial charge in [0.05, 0.1) is 0 Å². The third-order valence-electron chi connectivity index (χ3n) is 1.53. The van der Waals surface area contributed by atoms with Crippen LogP contribution in [0.5, 0.6) is 0 Å². The fraction of sp³-hybridized carbons (Fsp3) is 0.500. The molecule has 0 aromatic heterocycles. The van der Waals surface area contributed by atoms with Crippen molar-refractivity contribution < 1.29 is 0 Å². The molecule has 0 nitrogen and oxygen atoms in total. The van der Waals surface area contributed by atoms with Crippen molar-refractivity contribution in [2.24, 2.45) is 5.92 Å². The van der Waals surface area contributed by atoms with E-state index in [9.17, 15) is 0 Å². The molecule has 1 aliphatic rings. The molecular weight excluding hydrogens is 132 g/mol. The minimum Gasteiger partial charge on any atom is -0.126 e. The fourth-order valence-corrected chi connectivity index (χ4v) is 1.19. The molecule has 0 radical (unpaired) electrons. The first kappa shape index (κ1) is 6.88. The number of rotatable bonds is 1. The highest BCUT2D eigenvalue weighted by Crippen LogP contribution is 2.13. The summed E-state index contributed by atoms with van der Waals surface area (Å²) in [6, 6.07) is 0. The molecule has 1 atom stereocenters. The SMILES string of the molecule is ClCC1C=CC=CCC1. The third kappa shape index (κ3) is 2.23. The summed E-state index contributed by atoms with van der Waals surface area (Å²) >= 11 is 5.67. The molecular formula is C8H11Cl. The molecule has 1 rings (SSSR count). The van der Waals surface area contributed by atoms with Crippen molar-refractivity contribution in [3.05, 3.63) is 24.3 Å². The van der Waals surface area contributed by atoms with Crippen LogP contribution in [-0.2, 0) is 0 Å². The summed E-state index contributed by atoms with van der Waals surface area (Å²) in [4.78, 5) is 0. The second-order valence-corrected chi connectivity index (χ2v) is 2.61. The standard InChI is InChI=1S/C8H11Cl/c9-7-8-5-3-1-2-4-6-8/h1-3,5,8H,4,6-7H2. The second-order valence-electron chi connectivity index (χ2n) is 2.30. The number of hydrogen-bond donors (Lipinski definition) is 0. The molecule has 50 valence electrons. The molecule has 1 unspecified atom stereocenters. The van der Waals surface area contributed by atoms with E-state index in [0.29, 0.717) is 5.92 Å². The molecule has 0 heterocycles. The molecule has 0 saturated heterocycles. The third-order valence-corrected chi connectivity index (χ3v) is 1.93. The molecule has 0 spiro atoms. The van der Waals surface area contributed by atoms with Crippen molar-refractivity contribution in [1.82, 2.24) is 0 Å². The topological polar surface area (TPSA) is 0 Å². The van der Waals surface area contributed by atoms with E-state index in [-0.39, 0.29) is 0 Å². The van der Waals surface area contributed by atoms with Crippen molar-refractivity contribution >= 4 is 11.6 Å². The molecule has 9 heavy (non-hydrogen) atoms. The van der Waals surface area contributed by atoms with E-state index < -0.39 is 0 Å². The van der Waals surface area contributed by atoms with Gasteiger partial charge in [-0.15, -0.1) is 11.6 Å². The van der Waals surface area contributed by atoms with Crippen molar-refractivity contribution in [1.29, 1.82) is 0 Å². The lowest BCUT2D eigenvalue weighted by molar-refractivity contribution is 0.669. The Kier molecular flexibility index (Phi) is 2.85. The maximum absolute atomic E-state index is 5.67. The Bertz CT molecular complexity index is 125. The van der Waals surface area contributed by atoms with E-state index in [1.54, 1.807) is 0 Å². The van der Waals surface area contributed by atoms with Crippen LogP contribution in [-0.4, -0.2) is 5.88 Å². The Labute approximate surface area is 61.2 Å². The maximum atomic E-state index is 5.67. The molecule has 1 aliphatic carbocycles. The van der Waals surface area contributed by atoms with Crippen LogP contribution in [0.2, 0.25) is 0 Å². The van der Waals surface area contributed by atoms with Gasteiger partial charge in [-0.3, -0.25) is 0 Å². The summed E-state index contributed by atoms with van der Waals surface area (Å²) in [6.07, 6.45) is 10.9. The second kappa shape index (κ2) is 3.73. The lowest BCUT2D eigenvalue weighted by atomic mass is 10.1. The average Bonchev–Trinajstić information content (AvgIpc) is 2.13. The molecule has 0 aliphatic heterocycles. The summed E-state index contributed by atoms with van der Waals surface area (Å²) in [7, 11) is 0. The van der Waals surface area contributed by atoms with Crippen LogP contribution in [0, 0.1) is 5.92 Å². The fourth-order valence-electron chi connectivity index (χ4n) is 0.931. The van der Waals surface area contributed by atoms with Crippen LogP contribution >= 0.6 is 11.6 Å². The number of halogens is 1. The van der Waals surface area contributed by atoms with Gasteiger partial charge in [-0.05, 0) is 18.8 Å². The zero-order valence-corrected chi connectivity index (χ0v) is 6.14. The Hall–Kier alpha value is -0.230. The first-order chi connectivity index (χ1) is 4.43. The van der Waals surface area contributed by atoms with Gasteiger partial charge in [-0.25, -0.2) is 0 Å². The van der Waals surface area contributed by atoms with Gasteiger partial charge in [0.15, 0.2) is 0 Å². The van der Waals surface area contributed by atoms with Crippen molar-refractivity contribution in [2.75, 3.05) is 5.88 Å². The smallest absolute Gasteiger partial charge is 0.0286 e. The van der Waals surface area contributed by atoms with Gasteiger partial charge >= 0.3 is 0 Å². The predicted molar refractivity (Wildman–Crippen MR) is 41.7 cm³/mol. The van der Waals surface area contributed by atoms with E-state index in [0.717, 1.165) is 5.88 Å². The predicted octanol–water partition coefficient (Wildman–Crippen LogP) is 2.75. The first-order valence-corrected chi connectivity index (χ1v) is 3.86. The highest BCUT2D eigenvalue weighted by molar-refractivity contribution is 6.18. The molecule has 0 aromatic carbocycles. The monoisotopic (exact) mass is 142 g/mol. The van der Waals surface area contributed by atoms with Gasteiger partial charge in [0, 0.05) is 5.88 Å². The molecule has 0 bridgehead atoms. The molecule has 0 saturated carbocycles. The molecule has 0 fully saturated rings. The van der Waals surface area contributed by atoms with Gasteiger partial charge < -0.3 is 0 Å². The van der Waals surface area contributed by atoms with E-state index in [1.807, 2.05) is 0 Å². The quantitative estimate of drug-likeness (QED) is 0.494. The van der Waals surface area contributed by atoms with Gasteiger partial charge in [0.2, 0.25) is 0 Å². The Morgan fingerprint density at radius 1 is 1.44 bits per heavy atom. The van der Waals surface area contributed by atoms with E-state index in [2.05, 4.69) is 24.3 Å². The Balaban J connectivity index is 2.41. The van der Waals surface area contributed by atoms with Crippen molar-refractivity contribution in [2.45, 2.75) is 12.8 Å². The highest BCUT2D eigenvalue weighted by atomic mass is 35.5. The molecule has 0 aromatic rings. The first-order valence-electron chi connectivity index (χ1n) is 3.33. The highest BCUT2D eigenvalue weighted by Gasteiger charge is 2.01. The van der Waals surface area contributed by atoms with Gasteiger partial charge in [-0.2, -0.15) is 0 Å². The summed E-state index contributed by atoms with van der Waals surface area (Å²) < 4.78 is 0. The van der Waals surface area contributed by atoms with Gasteiger partial charge in [0.1, 0.15) is 0 Å². The van der Waals surface area contributed by atoms with Gasteiger partial charge in [-0.1, -0.05) is 24.3 Å². The van der Waals surface area contributed by atoms with Crippen LogP contribution in [0.15, 0.2) is 24.3 Å². The van der Waals surface area contributed by atoms with Crippen LogP contribution in [0.3, 0.4) is 0 Å². The minimum atomic E-state index is 0.599. The average molecular weight is 143 g/mol. The zero-order chi connectivity index (χ0) is 6.53. The normalized spacial score (nSPS) is 26.1. The summed E-state index contributed by atoms with van der Waals surface area (Å²) in [6.45, 7) is 0. The van der Waals surface area contributed by atoms with E-state index >= 15 is 0 Å². The van der Waals surface area contributed by atoms with Crippen LogP contribution < -0.4 is 0 Å². The summed E-state index contributed by atoms with van der Waals surface area (Å²) in [5.41, 5.74) is 0. The lowest BCUT2D eigenvalue weighted by Gasteiger charge is -2.02. The maximum Gasteiger partial charge on any atom is 0.0286 e. The van der Waals surface area contributed by atoms with E-state index in [4.69, 9.17) is 11.6 Å². The number of hydrogen-bond acceptors (Lipinski definition) is 0. The summed E-state index contributed by atoms with van der Waals surface area (Å²) in [5, 5.41) is 0. The molecule has 1 heteroatoms. The number of allylic oxidation sites excluding steroid dienone is 4. The zero-order valence-electron chi connectivity index (χ0n) is 5.39. The van der Waals surface area contributed by atoms with Gasteiger partial charge in [0.25, 0.3) is 0 Å². The summed E-state index contributed by atoms with van der Waals surface area (Å²) in [5.74, 6) is 1.36. The largest absolute Gasteiger partial charge is 0.126 e. The lowest BCUT2D eigenvalue weighted by Crippen LogP contribution is -1.95. The number of alkyl halides is 1. The Morgan fingerprint density at radius 2 is 2.33 bits per heavy atom. The van der Waals surface area contributed by atoms with E-state index in [1.165, 1.54) is 12.8 Å². The minimum absolute atomic E-state index is 0.599. The van der Waals surface area contributed by atoms with Crippen LogP contribution in [0.25, 0.3) is 0 Å². The van der Waals surface area contributed by atoms with Crippen LogP contribution in [0.1, 0.15) is 12.8 Å². The Morgan fingerprint density at radius 3 is 3.11 bits per heavy atom. The van der Waals surface area contributed by atoms with Crippen LogP contribution in [0.4, 0.5) is 0 Å². The molecule has 0 N–H and O–H groups in total. The van der Waals surface area contributed by atoms with Crippen molar-refractivity contribution in [3.63, 3.8) is 0 Å².